The molecule has 2 heterocycles. The number of hydrogen-bond acceptors (Lipinski definition) is 8. The number of anilines is 1. The first-order valence-electron chi connectivity index (χ1n) is 13.1. The van der Waals surface area contributed by atoms with Crippen LogP contribution in [0, 0.1) is 0 Å². The first-order chi connectivity index (χ1) is 21.4. The van der Waals surface area contributed by atoms with Crippen LogP contribution >= 0.6 is 24.0 Å². The average molecular weight is 705 g/mol. The molecule has 2 aromatic carbocycles. The third kappa shape index (κ3) is 9.05. The van der Waals surface area contributed by atoms with Crippen molar-refractivity contribution >= 4 is 62.0 Å². The van der Waals surface area contributed by atoms with E-state index in [1.165, 1.54) is 48.5 Å². The van der Waals surface area contributed by atoms with Crippen LogP contribution in [0.1, 0.15) is 40.0 Å². The number of thiocarbonyl (C=S) groups is 1. The number of nitrogens with one attached hydrogen (secondary N) is 2. The van der Waals surface area contributed by atoms with E-state index in [1.807, 2.05) is 0 Å². The molecule has 0 spiro atoms. The van der Waals surface area contributed by atoms with E-state index in [1.54, 1.807) is 0 Å². The second-order valence-corrected chi connectivity index (χ2v) is 13.2. The van der Waals surface area contributed by atoms with E-state index in [0.29, 0.717) is 18.6 Å². The maximum Gasteiger partial charge on any atom is 0.416 e. The van der Waals surface area contributed by atoms with Gasteiger partial charge in [0.1, 0.15) is 0 Å². The van der Waals surface area contributed by atoms with E-state index >= 15 is 0 Å². The van der Waals surface area contributed by atoms with E-state index < -0.39 is 50.9 Å². The summed E-state index contributed by atoms with van der Waals surface area (Å²) in [7, 11) is -3.74. The number of carboxylic acid groups (broad SMARTS) is 1. The van der Waals surface area contributed by atoms with Crippen molar-refractivity contribution in [2.75, 3.05) is 17.0 Å². The molecule has 1 aliphatic rings. The number of alkyl halides is 6. The zero-order valence-corrected chi connectivity index (χ0v) is 25.6. The van der Waals surface area contributed by atoms with Crippen LogP contribution in [0.5, 0.6) is 0 Å². The van der Waals surface area contributed by atoms with Crippen molar-refractivity contribution in [3.63, 3.8) is 0 Å². The van der Waals surface area contributed by atoms with Crippen molar-refractivity contribution in [2.24, 2.45) is 0 Å². The maximum absolute atomic E-state index is 13.3. The van der Waals surface area contributed by atoms with Gasteiger partial charge in [-0.15, -0.1) is 0 Å². The fourth-order valence-electron chi connectivity index (χ4n) is 4.05. The lowest BCUT2D eigenvalue weighted by atomic mass is 10.0. The Kier molecular flexibility index (Phi) is 10.4. The molecule has 9 nitrogen and oxygen atoms in total. The Bertz CT molecular complexity index is 1760. The summed E-state index contributed by atoms with van der Waals surface area (Å²) in [5.74, 6) is -1.99. The molecule has 0 unspecified atom stereocenters. The standard InChI is InChI=1S/C28H22F6N4O5S3/c29-27(30,31)18-12-17(13-19(14-18)28(32,33)34)22-5-3-4-21(36-22)15-23-24(39)38(26(44)45-23)35-10-1-2-11-46(42,43)37-20-8-6-16(7-9-20)25(40)41/h3-9,12-15,35,37H,1-2,10-11H2,(H,40,41). The summed E-state index contributed by atoms with van der Waals surface area (Å²) >= 11 is 6.12. The molecule has 46 heavy (non-hydrogen) atoms. The number of aromatic nitrogens is 1. The summed E-state index contributed by atoms with van der Waals surface area (Å²) in [5.41, 5.74) is -0.482. The molecule has 1 fully saturated rings. The smallest absolute Gasteiger partial charge is 0.416 e. The van der Waals surface area contributed by atoms with Crippen molar-refractivity contribution in [1.29, 1.82) is 0 Å². The van der Waals surface area contributed by atoms with Crippen LogP contribution in [0.25, 0.3) is 17.3 Å². The van der Waals surface area contributed by atoms with Crippen LogP contribution in [-0.2, 0) is 27.2 Å². The van der Waals surface area contributed by atoms with Gasteiger partial charge in [-0.2, -0.15) is 26.3 Å². The summed E-state index contributed by atoms with van der Waals surface area (Å²) in [6.07, 6.45) is -8.25. The molecule has 1 amide bonds. The number of halogens is 6. The van der Waals surface area contributed by atoms with E-state index in [4.69, 9.17) is 17.3 Å². The zero-order chi connectivity index (χ0) is 33.9. The van der Waals surface area contributed by atoms with Crippen LogP contribution in [-0.4, -0.2) is 52.0 Å². The van der Waals surface area contributed by atoms with Crippen molar-refractivity contribution < 1.29 is 49.5 Å². The summed E-state index contributed by atoms with van der Waals surface area (Å²) in [6, 6.07) is 10.3. The highest BCUT2D eigenvalue weighted by Crippen LogP contribution is 2.38. The minimum Gasteiger partial charge on any atom is -0.478 e. The Hall–Kier alpha value is -4.00. The summed E-state index contributed by atoms with van der Waals surface area (Å²) in [5, 5.41) is 10.00. The van der Waals surface area contributed by atoms with Gasteiger partial charge in [0.25, 0.3) is 5.91 Å². The number of carboxylic acids is 1. The predicted octanol–water partition coefficient (Wildman–Crippen LogP) is 6.41. The van der Waals surface area contributed by atoms with E-state index in [9.17, 15) is 44.3 Å². The van der Waals surface area contributed by atoms with Gasteiger partial charge in [-0.1, -0.05) is 30.0 Å². The predicted molar refractivity (Wildman–Crippen MR) is 163 cm³/mol. The highest BCUT2D eigenvalue weighted by Gasteiger charge is 2.37. The van der Waals surface area contributed by atoms with Crippen molar-refractivity contribution in [3.05, 3.63) is 88.0 Å². The van der Waals surface area contributed by atoms with Crippen LogP contribution in [0.3, 0.4) is 0 Å². The van der Waals surface area contributed by atoms with E-state index in [2.05, 4.69) is 15.1 Å². The minimum absolute atomic E-state index is 0.00226. The molecule has 3 N–H and O–H groups in total. The van der Waals surface area contributed by atoms with Crippen LogP contribution in [0.15, 0.2) is 65.6 Å². The number of carbonyl (C=O) groups is 2. The largest absolute Gasteiger partial charge is 0.478 e. The topological polar surface area (TPSA) is 129 Å². The lowest BCUT2D eigenvalue weighted by molar-refractivity contribution is -0.143. The van der Waals surface area contributed by atoms with Crippen LogP contribution < -0.4 is 10.1 Å². The molecule has 0 atom stereocenters. The first-order valence-corrected chi connectivity index (χ1v) is 15.9. The maximum atomic E-state index is 13.3. The SMILES string of the molecule is O=C(O)c1ccc(NS(=O)(=O)CCCCNN2C(=O)C(=Cc3cccc(-c4cc(C(F)(F)F)cc(C(F)(F)F)c4)n3)SC2=S)cc1. The second kappa shape index (κ2) is 13.8. The summed E-state index contributed by atoms with van der Waals surface area (Å²) < 4.78 is 107. The third-order valence-corrected chi connectivity index (χ3v) is 8.92. The quantitative estimate of drug-likeness (QED) is 0.0898. The number of unbranched alkanes of at least 4 members (excludes halogenated alkanes) is 1. The highest BCUT2D eigenvalue weighted by molar-refractivity contribution is 8.26. The van der Waals surface area contributed by atoms with Crippen molar-refractivity contribution in [1.82, 2.24) is 15.4 Å². The molecule has 18 heteroatoms. The molecule has 0 radical (unpaired) electrons. The number of sulfonamides is 1. The normalized spacial score (nSPS) is 15.1. The molecule has 1 aromatic heterocycles. The van der Waals surface area contributed by atoms with Gasteiger partial charge in [0.05, 0.1) is 38.7 Å². The number of pyridine rings is 1. The number of thioether (sulfide) groups is 1. The van der Waals surface area contributed by atoms with Gasteiger partial charge in [0.2, 0.25) is 10.0 Å². The van der Waals surface area contributed by atoms with Crippen LogP contribution in [0.4, 0.5) is 32.0 Å². The fraction of sp³-hybridized carbons (Fsp3) is 0.214. The molecule has 244 valence electrons. The Morgan fingerprint density at radius 2 is 1.61 bits per heavy atom. The van der Waals surface area contributed by atoms with Gasteiger partial charge in [0, 0.05) is 17.8 Å². The average Bonchev–Trinajstić information content (AvgIpc) is 3.23. The Balaban J connectivity index is 1.37. The van der Waals surface area contributed by atoms with Crippen molar-refractivity contribution in [3.8, 4) is 11.3 Å². The molecule has 0 aliphatic carbocycles. The monoisotopic (exact) mass is 704 g/mol. The number of benzene rings is 2. The molecular formula is C28H22F6N4O5S3. The molecule has 1 aliphatic heterocycles. The second-order valence-electron chi connectivity index (χ2n) is 9.68. The molecule has 0 saturated carbocycles. The highest BCUT2D eigenvalue weighted by atomic mass is 32.2. The van der Waals surface area contributed by atoms with E-state index in [-0.39, 0.29) is 56.6 Å². The van der Waals surface area contributed by atoms with E-state index in [0.717, 1.165) is 16.8 Å². The first kappa shape index (κ1) is 34.9. The Morgan fingerprint density at radius 1 is 0.978 bits per heavy atom. The minimum atomic E-state index is -5.03. The molecule has 4 rings (SSSR count). The van der Waals surface area contributed by atoms with Gasteiger partial charge < -0.3 is 5.11 Å². The number of aromatic carboxylic acids is 1. The van der Waals surface area contributed by atoms with Crippen molar-refractivity contribution in [2.45, 2.75) is 25.2 Å². The molecule has 1 saturated heterocycles. The molecular weight excluding hydrogens is 683 g/mol. The Morgan fingerprint density at radius 3 is 2.20 bits per heavy atom. The lowest BCUT2D eigenvalue weighted by Crippen LogP contribution is -2.41. The van der Waals surface area contributed by atoms with Gasteiger partial charge in [-0.3, -0.25) is 9.52 Å². The van der Waals surface area contributed by atoms with Gasteiger partial charge in [-0.05, 0) is 73.5 Å². The third-order valence-electron chi connectivity index (χ3n) is 6.24. The number of amides is 1. The zero-order valence-electron chi connectivity index (χ0n) is 23.1. The van der Waals surface area contributed by atoms with Crippen LogP contribution in [0.2, 0.25) is 0 Å². The number of rotatable bonds is 11. The summed E-state index contributed by atoms with van der Waals surface area (Å²) in [6.45, 7) is 0.160. The molecule has 0 bridgehead atoms. The Labute approximate surface area is 267 Å². The van der Waals surface area contributed by atoms with Gasteiger partial charge in [-0.25, -0.2) is 28.6 Å². The van der Waals surface area contributed by atoms with Gasteiger partial charge >= 0.3 is 18.3 Å². The molecule has 3 aromatic rings. The number of carbonyl (C=O) groups excluding carboxylic acids is 1. The number of hydrazine groups is 1. The lowest BCUT2D eigenvalue weighted by Gasteiger charge is -2.15. The fourth-order valence-corrected chi connectivity index (χ4v) is 6.44. The number of nitrogens with zero attached hydrogens (tertiary/aromatic N) is 2. The van der Waals surface area contributed by atoms with Gasteiger partial charge in [0.15, 0.2) is 4.32 Å². The summed E-state index contributed by atoms with van der Waals surface area (Å²) in [4.78, 5) is 28.1. The number of hydrogen-bond donors (Lipinski definition) is 3.